The van der Waals surface area contributed by atoms with Crippen molar-refractivity contribution < 1.29 is 9.53 Å². The van der Waals surface area contributed by atoms with E-state index in [0.717, 1.165) is 22.4 Å². The van der Waals surface area contributed by atoms with Gasteiger partial charge in [0, 0.05) is 38.4 Å². The van der Waals surface area contributed by atoms with E-state index in [1.807, 2.05) is 43.3 Å². The molecule has 26 heavy (non-hydrogen) atoms. The second-order valence-electron chi connectivity index (χ2n) is 6.39. The van der Waals surface area contributed by atoms with Crippen molar-refractivity contribution >= 4 is 22.6 Å². The quantitative estimate of drug-likeness (QED) is 0.771. The Morgan fingerprint density at radius 1 is 1.27 bits per heavy atom. The number of hydrogen-bond acceptors (Lipinski definition) is 6. The van der Waals surface area contributed by atoms with E-state index < -0.39 is 0 Å². The number of carbonyl (C=O) groups excluding carboxylic acids is 1. The molecule has 1 aromatic carbocycles. The zero-order valence-corrected chi connectivity index (χ0v) is 14.7. The summed E-state index contributed by atoms with van der Waals surface area (Å²) in [6.07, 6.45) is 2.98. The first kappa shape index (κ1) is 16.5. The number of anilines is 1. The molecule has 0 radical (unpaired) electrons. The van der Waals surface area contributed by atoms with Gasteiger partial charge in [0.15, 0.2) is 11.5 Å². The molecule has 2 aromatic heterocycles. The molecule has 1 amide bonds. The van der Waals surface area contributed by atoms with E-state index >= 15 is 0 Å². The van der Waals surface area contributed by atoms with Gasteiger partial charge in [-0.15, -0.1) is 0 Å². The molecule has 1 fully saturated rings. The Hall–Kier alpha value is -3.00. The van der Waals surface area contributed by atoms with Gasteiger partial charge in [-0.3, -0.25) is 14.9 Å². The van der Waals surface area contributed by atoms with Crippen molar-refractivity contribution in [2.24, 2.45) is 0 Å². The van der Waals surface area contributed by atoms with Crippen molar-refractivity contribution in [3.8, 4) is 0 Å². The number of nitrogens with one attached hydrogen (secondary N) is 1. The Kier molecular flexibility index (Phi) is 4.26. The molecule has 0 spiro atoms. The molecule has 1 aliphatic rings. The van der Waals surface area contributed by atoms with E-state index in [9.17, 15) is 4.79 Å². The zero-order valence-electron chi connectivity index (χ0n) is 14.7. The predicted molar refractivity (Wildman–Crippen MR) is 97.0 cm³/mol. The topological polar surface area (TPSA) is 87.2 Å². The Morgan fingerprint density at radius 2 is 2.08 bits per heavy atom. The maximum absolute atomic E-state index is 13.0. The minimum atomic E-state index is -0.316. The third-order valence-electron chi connectivity index (χ3n) is 4.46. The Bertz CT molecular complexity index is 938. The fourth-order valence-electron chi connectivity index (χ4n) is 3.19. The van der Waals surface area contributed by atoms with Crippen LogP contribution in [0.2, 0.25) is 0 Å². The minimum Gasteiger partial charge on any atom is -0.368 e. The molecular formula is C18H20N6O2. The maximum atomic E-state index is 13.0. The van der Waals surface area contributed by atoms with Crippen LogP contribution in [0.1, 0.15) is 22.3 Å². The predicted octanol–water partition coefficient (Wildman–Crippen LogP) is 1.63. The van der Waals surface area contributed by atoms with Gasteiger partial charge in [0.2, 0.25) is 0 Å². The first-order valence-electron chi connectivity index (χ1n) is 8.47. The van der Waals surface area contributed by atoms with E-state index in [4.69, 9.17) is 4.74 Å². The van der Waals surface area contributed by atoms with Crippen molar-refractivity contribution in [3.63, 3.8) is 0 Å². The first-order valence-corrected chi connectivity index (χ1v) is 8.47. The van der Waals surface area contributed by atoms with E-state index in [2.05, 4.69) is 20.2 Å². The van der Waals surface area contributed by atoms with Crippen LogP contribution in [-0.2, 0) is 4.74 Å². The molecule has 3 aromatic rings. The molecule has 134 valence electrons. The van der Waals surface area contributed by atoms with Gasteiger partial charge in [-0.05, 0) is 6.07 Å². The highest BCUT2D eigenvalue weighted by Gasteiger charge is 2.30. The second-order valence-corrected chi connectivity index (χ2v) is 6.39. The molecule has 1 N–H and O–H groups in total. The number of nitrogens with zero attached hydrogens (tertiary/aromatic N) is 5. The summed E-state index contributed by atoms with van der Waals surface area (Å²) in [6, 6.07) is 7.62. The van der Waals surface area contributed by atoms with Gasteiger partial charge in [-0.1, -0.05) is 18.2 Å². The number of H-pyrrole nitrogens is 1. The normalized spacial score (nSPS) is 17.5. The molecule has 1 atom stereocenters. The first-order chi connectivity index (χ1) is 12.6. The van der Waals surface area contributed by atoms with Gasteiger partial charge in [-0.2, -0.15) is 5.10 Å². The maximum Gasteiger partial charge on any atom is 0.275 e. The lowest BCUT2D eigenvalue weighted by molar-refractivity contribution is -0.0247. The zero-order chi connectivity index (χ0) is 18.1. The van der Waals surface area contributed by atoms with E-state index in [-0.39, 0.29) is 12.0 Å². The summed E-state index contributed by atoms with van der Waals surface area (Å²) in [5.41, 5.74) is 2.03. The van der Waals surface area contributed by atoms with Crippen molar-refractivity contribution in [1.82, 2.24) is 25.1 Å². The number of rotatable bonds is 3. The monoisotopic (exact) mass is 352 g/mol. The summed E-state index contributed by atoms with van der Waals surface area (Å²) >= 11 is 0. The summed E-state index contributed by atoms with van der Waals surface area (Å²) in [6.45, 7) is 1.38. The van der Waals surface area contributed by atoms with Gasteiger partial charge >= 0.3 is 0 Å². The molecule has 3 heterocycles. The highest BCUT2D eigenvalue weighted by atomic mass is 16.5. The molecule has 1 saturated heterocycles. The summed E-state index contributed by atoms with van der Waals surface area (Å²) < 4.78 is 5.89. The molecule has 0 aliphatic carbocycles. The average molecular weight is 352 g/mol. The van der Waals surface area contributed by atoms with Gasteiger partial charge in [0.05, 0.1) is 18.7 Å². The number of ether oxygens (including phenoxy) is 1. The molecule has 4 rings (SSSR count). The van der Waals surface area contributed by atoms with Crippen LogP contribution >= 0.6 is 0 Å². The van der Waals surface area contributed by atoms with Crippen LogP contribution < -0.4 is 4.90 Å². The Balaban J connectivity index is 1.60. The highest BCUT2D eigenvalue weighted by Crippen LogP contribution is 2.27. The van der Waals surface area contributed by atoms with E-state index in [1.165, 1.54) is 0 Å². The fraction of sp³-hybridized carbons (Fsp3) is 0.333. The lowest BCUT2D eigenvalue weighted by atomic mass is 10.1. The number of para-hydroxylation sites is 1. The lowest BCUT2D eigenvalue weighted by Gasteiger charge is -2.33. The van der Waals surface area contributed by atoms with Crippen LogP contribution in [0.3, 0.4) is 0 Å². The standard InChI is InChI=1S/C18H20N6O2/c1-23(2)17-16(19-7-8-20-17)14-11-24(9-10-26-14)18(25)15-12-5-3-4-6-13(12)21-22-15/h3-8,14H,9-11H2,1-2H3,(H,21,22). The van der Waals surface area contributed by atoms with Crippen LogP contribution in [0.4, 0.5) is 5.82 Å². The van der Waals surface area contributed by atoms with Gasteiger partial charge in [-0.25, -0.2) is 4.98 Å². The van der Waals surface area contributed by atoms with Gasteiger partial charge in [0.1, 0.15) is 11.8 Å². The summed E-state index contributed by atoms with van der Waals surface area (Å²) in [7, 11) is 3.82. The molecule has 0 saturated carbocycles. The number of benzene rings is 1. The van der Waals surface area contributed by atoms with Crippen LogP contribution in [0.25, 0.3) is 10.9 Å². The SMILES string of the molecule is CN(C)c1nccnc1C1CN(C(=O)c2n[nH]c3ccccc23)CCO1. The fourth-order valence-corrected chi connectivity index (χ4v) is 3.19. The largest absolute Gasteiger partial charge is 0.368 e. The number of hydrogen-bond donors (Lipinski definition) is 1. The third kappa shape index (κ3) is 2.88. The van der Waals surface area contributed by atoms with Crippen LogP contribution in [0.15, 0.2) is 36.7 Å². The molecule has 1 aliphatic heterocycles. The smallest absolute Gasteiger partial charge is 0.275 e. The highest BCUT2D eigenvalue weighted by molar-refractivity contribution is 6.04. The van der Waals surface area contributed by atoms with Crippen molar-refractivity contribution in [1.29, 1.82) is 0 Å². The number of aromatic nitrogens is 4. The number of aromatic amines is 1. The number of morpholine rings is 1. The second kappa shape index (κ2) is 6.72. The molecule has 1 unspecified atom stereocenters. The average Bonchev–Trinajstić information content (AvgIpc) is 3.11. The van der Waals surface area contributed by atoms with E-state index in [1.54, 1.807) is 17.3 Å². The Labute approximate surface area is 150 Å². The molecular weight excluding hydrogens is 332 g/mol. The van der Waals surface area contributed by atoms with Gasteiger partial charge < -0.3 is 14.5 Å². The lowest BCUT2D eigenvalue weighted by Crippen LogP contribution is -2.43. The third-order valence-corrected chi connectivity index (χ3v) is 4.46. The van der Waals surface area contributed by atoms with Crippen molar-refractivity contribution in [2.45, 2.75) is 6.10 Å². The van der Waals surface area contributed by atoms with Crippen molar-refractivity contribution in [2.75, 3.05) is 38.7 Å². The van der Waals surface area contributed by atoms with Crippen molar-refractivity contribution in [3.05, 3.63) is 48.0 Å². The summed E-state index contributed by atoms with van der Waals surface area (Å²) in [4.78, 5) is 25.5. The van der Waals surface area contributed by atoms with Gasteiger partial charge in [0.25, 0.3) is 5.91 Å². The molecule has 8 heteroatoms. The van der Waals surface area contributed by atoms with E-state index in [0.29, 0.717) is 25.4 Å². The van der Waals surface area contributed by atoms with Crippen LogP contribution in [0.5, 0.6) is 0 Å². The number of amides is 1. The number of carbonyl (C=O) groups is 1. The summed E-state index contributed by atoms with van der Waals surface area (Å²) in [5, 5.41) is 7.97. The van der Waals surface area contributed by atoms with Crippen LogP contribution in [-0.4, -0.2) is 64.8 Å². The molecule has 8 nitrogen and oxygen atoms in total. The number of fused-ring (bicyclic) bond motifs is 1. The van der Waals surface area contributed by atoms with Crippen LogP contribution in [0, 0.1) is 0 Å². The summed E-state index contributed by atoms with van der Waals surface area (Å²) in [5.74, 6) is 0.642. The molecule has 0 bridgehead atoms. The minimum absolute atomic E-state index is 0.106. The Morgan fingerprint density at radius 3 is 2.92 bits per heavy atom.